The average molecular weight is 454 g/mol. The topological polar surface area (TPSA) is 75.5 Å². The standard InChI is InChI=1S/C22H29ClFN3O4/c1-12(10-13(2)28)11-29-14-4-6-16(7-5-14)31-22-25-18-19(27(22)3)17(24)21(26-20(18)23)30-15-8-9-15/h12,14-16H,4-11H2,1-3H3/t12-,14?,16?/m1/s1. The van der Waals surface area contributed by atoms with E-state index < -0.39 is 5.82 Å². The highest BCUT2D eigenvalue weighted by atomic mass is 35.5. The third-order valence-electron chi connectivity index (χ3n) is 5.79. The molecule has 0 saturated heterocycles. The van der Waals surface area contributed by atoms with E-state index >= 15 is 0 Å². The Hall–Kier alpha value is -1.93. The molecule has 1 atom stereocenters. The summed E-state index contributed by atoms with van der Waals surface area (Å²) in [7, 11) is 1.70. The third-order valence-corrected chi connectivity index (χ3v) is 6.06. The van der Waals surface area contributed by atoms with Gasteiger partial charge in [-0.25, -0.2) is 0 Å². The number of hydrogen-bond acceptors (Lipinski definition) is 6. The fourth-order valence-electron chi connectivity index (χ4n) is 4.01. The van der Waals surface area contributed by atoms with Crippen LogP contribution in [0.25, 0.3) is 11.0 Å². The second-order valence-corrected chi connectivity index (χ2v) is 9.21. The molecular weight excluding hydrogens is 425 g/mol. The van der Waals surface area contributed by atoms with Gasteiger partial charge in [-0.3, -0.25) is 4.57 Å². The largest absolute Gasteiger partial charge is 0.472 e. The summed E-state index contributed by atoms with van der Waals surface area (Å²) < 4.78 is 34.2. The summed E-state index contributed by atoms with van der Waals surface area (Å²) in [5.41, 5.74) is 0.512. The fraction of sp³-hybridized carbons (Fsp3) is 0.682. The Kier molecular flexibility index (Phi) is 6.67. The number of ketones is 1. The lowest BCUT2D eigenvalue weighted by molar-refractivity contribution is -0.118. The molecule has 2 aliphatic carbocycles. The molecular formula is C22H29ClFN3O4. The van der Waals surface area contributed by atoms with Crippen LogP contribution in [-0.4, -0.2) is 45.2 Å². The number of carbonyl (C=O) groups is 1. The summed E-state index contributed by atoms with van der Waals surface area (Å²) >= 11 is 6.25. The molecule has 0 radical (unpaired) electrons. The number of carbonyl (C=O) groups excluding carboxylic acids is 1. The first-order valence-electron chi connectivity index (χ1n) is 11.0. The van der Waals surface area contributed by atoms with Gasteiger partial charge in [0.25, 0.3) is 11.9 Å². The number of imidazole rings is 1. The highest BCUT2D eigenvalue weighted by Gasteiger charge is 2.30. The van der Waals surface area contributed by atoms with Gasteiger partial charge in [-0.1, -0.05) is 18.5 Å². The molecule has 0 aliphatic heterocycles. The molecule has 0 bridgehead atoms. The van der Waals surface area contributed by atoms with E-state index in [4.69, 9.17) is 25.8 Å². The minimum Gasteiger partial charge on any atom is -0.472 e. The first-order chi connectivity index (χ1) is 14.8. The molecule has 2 heterocycles. The lowest BCUT2D eigenvalue weighted by atomic mass is 9.95. The van der Waals surface area contributed by atoms with E-state index in [0.717, 1.165) is 38.5 Å². The molecule has 0 N–H and O–H groups in total. The smallest absolute Gasteiger partial charge is 0.297 e. The number of ether oxygens (including phenoxy) is 3. The van der Waals surface area contributed by atoms with Gasteiger partial charge in [0.1, 0.15) is 29.0 Å². The Morgan fingerprint density at radius 2 is 1.74 bits per heavy atom. The molecule has 31 heavy (non-hydrogen) atoms. The molecule has 2 saturated carbocycles. The van der Waals surface area contributed by atoms with Crippen LogP contribution >= 0.6 is 11.6 Å². The molecule has 0 aromatic carbocycles. The molecule has 2 fully saturated rings. The van der Waals surface area contributed by atoms with Crippen LogP contribution in [0.3, 0.4) is 0 Å². The molecule has 7 nitrogen and oxygen atoms in total. The molecule has 4 rings (SSSR count). The molecule has 0 amide bonds. The Labute approximate surface area is 186 Å². The van der Waals surface area contributed by atoms with Gasteiger partial charge in [0.05, 0.1) is 6.10 Å². The van der Waals surface area contributed by atoms with E-state index in [1.807, 2.05) is 6.92 Å². The van der Waals surface area contributed by atoms with Crippen LogP contribution in [0.1, 0.15) is 58.8 Å². The number of aryl methyl sites for hydroxylation is 1. The normalized spacial score (nSPS) is 22.5. The Morgan fingerprint density at radius 3 is 2.39 bits per heavy atom. The van der Waals surface area contributed by atoms with Crippen molar-refractivity contribution in [1.29, 1.82) is 0 Å². The van der Waals surface area contributed by atoms with Crippen molar-refractivity contribution in [3.05, 3.63) is 11.0 Å². The van der Waals surface area contributed by atoms with Crippen molar-refractivity contribution >= 4 is 28.4 Å². The highest BCUT2D eigenvalue weighted by Crippen LogP contribution is 2.35. The van der Waals surface area contributed by atoms with E-state index in [1.54, 1.807) is 18.5 Å². The molecule has 2 aromatic heterocycles. The lowest BCUT2D eigenvalue weighted by Gasteiger charge is -2.29. The van der Waals surface area contributed by atoms with Crippen LogP contribution in [-0.2, 0) is 16.6 Å². The van der Waals surface area contributed by atoms with Crippen molar-refractivity contribution in [2.75, 3.05) is 6.61 Å². The summed E-state index contributed by atoms with van der Waals surface area (Å²) in [4.78, 5) is 19.6. The quantitative estimate of drug-likeness (QED) is 0.515. The summed E-state index contributed by atoms with van der Waals surface area (Å²) in [5, 5.41) is 0.106. The van der Waals surface area contributed by atoms with E-state index in [-0.39, 0.29) is 52.1 Å². The Morgan fingerprint density at radius 1 is 1.13 bits per heavy atom. The SMILES string of the molecule is CC(=O)C[C@@H](C)COC1CCC(Oc2nc3c(Cl)nc(OC4CC4)c(F)c3n2C)CC1. The molecule has 0 spiro atoms. The summed E-state index contributed by atoms with van der Waals surface area (Å²) in [6, 6.07) is 0.320. The minimum absolute atomic E-state index is 0.0160. The van der Waals surface area contributed by atoms with Gasteiger partial charge >= 0.3 is 0 Å². The molecule has 9 heteroatoms. The van der Waals surface area contributed by atoms with Gasteiger partial charge in [-0.15, -0.1) is 0 Å². The predicted octanol–water partition coefficient (Wildman–Crippen LogP) is 4.62. The molecule has 2 aromatic rings. The van der Waals surface area contributed by atoms with Gasteiger partial charge in [0.2, 0.25) is 5.82 Å². The van der Waals surface area contributed by atoms with E-state index in [0.29, 0.717) is 19.0 Å². The second kappa shape index (κ2) is 9.28. The van der Waals surface area contributed by atoms with Crippen molar-refractivity contribution < 1.29 is 23.4 Å². The number of halogens is 2. The number of nitrogens with zero attached hydrogens (tertiary/aromatic N) is 3. The van der Waals surface area contributed by atoms with Gasteiger partial charge < -0.3 is 19.0 Å². The highest BCUT2D eigenvalue weighted by molar-refractivity contribution is 6.33. The van der Waals surface area contributed by atoms with E-state index in [9.17, 15) is 9.18 Å². The first kappa shape index (κ1) is 22.3. The third kappa shape index (κ3) is 5.29. The summed E-state index contributed by atoms with van der Waals surface area (Å²) in [6.07, 6.45) is 5.90. The number of rotatable bonds is 9. The second-order valence-electron chi connectivity index (χ2n) is 8.85. The number of hydrogen-bond donors (Lipinski definition) is 0. The van der Waals surface area contributed by atoms with Crippen LogP contribution in [0.15, 0.2) is 0 Å². The number of Topliss-reactive ketones (excluding diaryl/α,β-unsaturated/α-hetero) is 1. The van der Waals surface area contributed by atoms with Crippen LogP contribution in [0, 0.1) is 11.7 Å². The predicted molar refractivity (Wildman–Crippen MR) is 114 cm³/mol. The zero-order valence-electron chi connectivity index (χ0n) is 18.2. The van der Waals surface area contributed by atoms with E-state index in [1.165, 1.54) is 0 Å². The van der Waals surface area contributed by atoms with Crippen LogP contribution in [0.2, 0.25) is 5.15 Å². The van der Waals surface area contributed by atoms with Crippen molar-refractivity contribution in [2.24, 2.45) is 13.0 Å². The number of pyridine rings is 1. The van der Waals surface area contributed by atoms with Crippen LogP contribution < -0.4 is 9.47 Å². The van der Waals surface area contributed by atoms with Crippen molar-refractivity contribution in [1.82, 2.24) is 14.5 Å². The zero-order chi connectivity index (χ0) is 22.1. The fourth-order valence-corrected chi connectivity index (χ4v) is 4.22. The van der Waals surface area contributed by atoms with Gasteiger partial charge in [0.15, 0.2) is 5.15 Å². The summed E-state index contributed by atoms with van der Waals surface area (Å²) in [6.45, 7) is 4.23. The number of fused-ring (bicyclic) bond motifs is 1. The van der Waals surface area contributed by atoms with Crippen molar-refractivity contribution in [3.63, 3.8) is 0 Å². The average Bonchev–Trinajstić information content (AvgIpc) is 3.47. The maximum Gasteiger partial charge on any atom is 0.297 e. The molecule has 2 aliphatic rings. The minimum atomic E-state index is -0.562. The molecule has 170 valence electrons. The van der Waals surface area contributed by atoms with Gasteiger partial charge in [-0.2, -0.15) is 14.4 Å². The van der Waals surface area contributed by atoms with Crippen molar-refractivity contribution in [3.8, 4) is 11.9 Å². The Balaban J connectivity index is 1.37. The zero-order valence-corrected chi connectivity index (χ0v) is 19.0. The van der Waals surface area contributed by atoms with Gasteiger partial charge in [0, 0.05) is 20.1 Å². The van der Waals surface area contributed by atoms with Gasteiger partial charge in [-0.05, 0) is 51.4 Å². The Bertz CT molecular complexity index is 954. The first-order valence-corrected chi connectivity index (χ1v) is 11.3. The monoisotopic (exact) mass is 453 g/mol. The lowest BCUT2D eigenvalue weighted by Crippen LogP contribution is -2.30. The maximum absolute atomic E-state index is 15.0. The van der Waals surface area contributed by atoms with Crippen molar-refractivity contribution in [2.45, 2.75) is 77.1 Å². The van der Waals surface area contributed by atoms with E-state index in [2.05, 4.69) is 9.97 Å². The number of aromatic nitrogens is 3. The maximum atomic E-state index is 15.0. The molecule has 0 unspecified atom stereocenters. The summed E-state index contributed by atoms with van der Waals surface area (Å²) in [5.74, 6) is -0.221. The van der Waals surface area contributed by atoms with Crippen LogP contribution in [0.5, 0.6) is 11.9 Å². The van der Waals surface area contributed by atoms with Crippen LogP contribution in [0.4, 0.5) is 4.39 Å².